The van der Waals surface area contributed by atoms with Crippen LogP contribution in [0.25, 0.3) is 0 Å². The van der Waals surface area contributed by atoms with Crippen LogP contribution >= 0.6 is 0 Å². The highest BCUT2D eigenvalue weighted by Crippen LogP contribution is 2.35. The molecule has 110 valence electrons. The van der Waals surface area contributed by atoms with Crippen LogP contribution in [0.3, 0.4) is 0 Å². The summed E-state index contributed by atoms with van der Waals surface area (Å²) in [6.45, 7) is -0.00398. The molecule has 0 aliphatic heterocycles. The number of hydrogen-bond donors (Lipinski definition) is 2. The average Bonchev–Trinajstić information content (AvgIpc) is 2.47. The second-order valence-corrected chi connectivity index (χ2v) is 4.40. The number of halogens is 3. The van der Waals surface area contributed by atoms with Crippen molar-refractivity contribution in [1.29, 1.82) is 0 Å². The molecular formula is C15H13F3N2O. The third-order valence-electron chi connectivity index (χ3n) is 2.91. The van der Waals surface area contributed by atoms with Gasteiger partial charge in [-0.05, 0) is 29.8 Å². The third-order valence-corrected chi connectivity index (χ3v) is 2.91. The zero-order chi connectivity index (χ0) is 15.5. The molecule has 0 aliphatic carbocycles. The van der Waals surface area contributed by atoms with E-state index < -0.39 is 17.6 Å². The quantitative estimate of drug-likeness (QED) is 0.911. The monoisotopic (exact) mass is 294 g/mol. The number of alkyl halides is 3. The molecule has 0 saturated heterocycles. The van der Waals surface area contributed by atoms with Crippen molar-refractivity contribution < 1.29 is 18.0 Å². The molecule has 3 N–H and O–H groups in total. The minimum atomic E-state index is -4.56. The van der Waals surface area contributed by atoms with Crippen LogP contribution in [0.2, 0.25) is 0 Å². The van der Waals surface area contributed by atoms with E-state index in [2.05, 4.69) is 5.32 Å². The van der Waals surface area contributed by atoms with Crippen LogP contribution in [0.4, 0.5) is 18.9 Å². The van der Waals surface area contributed by atoms with Gasteiger partial charge >= 0.3 is 6.18 Å². The van der Waals surface area contributed by atoms with E-state index in [1.165, 1.54) is 24.3 Å². The Morgan fingerprint density at radius 1 is 1.10 bits per heavy atom. The molecule has 3 nitrogen and oxygen atoms in total. The lowest BCUT2D eigenvalue weighted by Gasteiger charge is -2.15. The van der Waals surface area contributed by atoms with E-state index in [9.17, 15) is 18.0 Å². The smallest absolute Gasteiger partial charge is 0.326 e. The standard InChI is InChI=1S/C15H13F3N2O/c16-15(17,18)12-8-10(9-19)6-7-13(12)20-14(21)11-4-2-1-3-5-11/h1-8H,9,19H2,(H,20,21). The number of benzene rings is 2. The van der Waals surface area contributed by atoms with E-state index >= 15 is 0 Å². The number of carbonyl (C=O) groups is 1. The molecule has 21 heavy (non-hydrogen) atoms. The van der Waals surface area contributed by atoms with Crippen molar-refractivity contribution in [3.8, 4) is 0 Å². The Bertz CT molecular complexity index is 639. The molecule has 0 fully saturated rings. The first-order chi connectivity index (χ1) is 9.91. The van der Waals surface area contributed by atoms with Gasteiger partial charge in [0.1, 0.15) is 0 Å². The van der Waals surface area contributed by atoms with Crippen molar-refractivity contribution in [1.82, 2.24) is 0 Å². The Balaban J connectivity index is 2.34. The zero-order valence-corrected chi connectivity index (χ0v) is 10.9. The van der Waals surface area contributed by atoms with Gasteiger partial charge in [0, 0.05) is 12.1 Å². The summed E-state index contributed by atoms with van der Waals surface area (Å²) in [5.74, 6) is -0.596. The van der Waals surface area contributed by atoms with Crippen LogP contribution in [0.1, 0.15) is 21.5 Å². The maximum Gasteiger partial charge on any atom is 0.418 e. The van der Waals surface area contributed by atoms with Crippen LogP contribution in [0.15, 0.2) is 48.5 Å². The summed E-state index contributed by atoms with van der Waals surface area (Å²) in [6.07, 6.45) is -4.56. The first kappa shape index (κ1) is 15.1. The average molecular weight is 294 g/mol. The minimum Gasteiger partial charge on any atom is -0.326 e. The SMILES string of the molecule is NCc1ccc(NC(=O)c2ccccc2)c(C(F)(F)F)c1. The number of rotatable bonds is 3. The largest absolute Gasteiger partial charge is 0.418 e. The normalized spacial score (nSPS) is 11.2. The molecule has 2 aromatic carbocycles. The van der Waals surface area contributed by atoms with E-state index in [0.29, 0.717) is 5.56 Å². The predicted molar refractivity (Wildman–Crippen MR) is 73.7 cm³/mol. The maximum atomic E-state index is 13.0. The molecule has 0 atom stereocenters. The van der Waals surface area contributed by atoms with Crippen molar-refractivity contribution in [2.24, 2.45) is 5.73 Å². The molecule has 2 aromatic rings. The Morgan fingerprint density at radius 3 is 2.33 bits per heavy atom. The summed E-state index contributed by atoms with van der Waals surface area (Å²) < 4.78 is 39.1. The molecule has 0 bridgehead atoms. The molecule has 0 aromatic heterocycles. The number of amides is 1. The molecule has 0 spiro atoms. The van der Waals surface area contributed by atoms with Crippen LogP contribution in [-0.2, 0) is 12.7 Å². The van der Waals surface area contributed by atoms with Crippen LogP contribution in [0.5, 0.6) is 0 Å². The Hall–Kier alpha value is -2.34. The number of carbonyl (C=O) groups excluding carboxylic acids is 1. The Morgan fingerprint density at radius 2 is 1.76 bits per heavy atom. The summed E-state index contributed by atoms with van der Waals surface area (Å²) in [4.78, 5) is 11.9. The van der Waals surface area contributed by atoms with E-state index in [-0.39, 0.29) is 17.8 Å². The highest BCUT2D eigenvalue weighted by atomic mass is 19.4. The van der Waals surface area contributed by atoms with E-state index in [1.54, 1.807) is 18.2 Å². The highest BCUT2D eigenvalue weighted by Gasteiger charge is 2.34. The van der Waals surface area contributed by atoms with Crippen LogP contribution < -0.4 is 11.1 Å². The van der Waals surface area contributed by atoms with Crippen LogP contribution in [-0.4, -0.2) is 5.91 Å². The van der Waals surface area contributed by atoms with Gasteiger partial charge < -0.3 is 11.1 Å². The van der Waals surface area contributed by atoms with Gasteiger partial charge in [-0.3, -0.25) is 4.79 Å². The lowest BCUT2D eigenvalue weighted by Crippen LogP contribution is -2.17. The van der Waals surface area contributed by atoms with Gasteiger partial charge in [0.15, 0.2) is 0 Å². The van der Waals surface area contributed by atoms with E-state index in [4.69, 9.17) is 5.73 Å². The zero-order valence-electron chi connectivity index (χ0n) is 10.9. The lowest BCUT2D eigenvalue weighted by molar-refractivity contribution is -0.137. The Kier molecular flexibility index (Phi) is 4.28. The second kappa shape index (κ2) is 5.97. The van der Waals surface area contributed by atoms with Gasteiger partial charge in [-0.15, -0.1) is 0 Å². The van der Waals surface area contributed by atoms with Gasteiger partial charge in [0.05, 0.1) is 11.3 Å². The number of nitrogens with two attached hydrogens (primary N) is 1. The fourth-order valence-corrected chi connectivity index (χ4v) is 1.85. The van der Waals surface area contributed by atoms with Gasteiger partial charge in [-0.1, -0.05) is 24.3 Å². The molecule has 2 rings (SSSR count). The summed E-state index contributed by atoms with van der Waals surface area (Å²) in [5.41, 5.74) is 4.79. The van der Waals surface area contributed by atoms with Crippen molar-refractivity contribution in [3.05, 3.63) is 65.2 Å². The van der Waals surface area contributed by atoms with Crippen molar-refractivity contribution in [2.45, 2.75) is 12.7 Å². The predicted octanol–water partition coefficient (Wildman–Crippen LogP) is 3.42. The summed E-state index contributed by atoms with van der Waals surface area (Å²) in [5, 5.41) is 2.28. The molecule has 6 heteroatoms. The third kappa shape index (κ3) is 3.61. The van der Waals surface area contributed by atoms with E-state index in [0.717, 1.165) is 6.07 Å². The van der Waals surface area contributed by atoms with Gasteiger partial charge in [-0.2, -0.15) is 13.2 Å². The van der Waals surface area contributed by atoms with Gasteiger partial charge in [-0.25, -0.2) is 0 Å². The molecule has 0 heterocycles. The Labute approximate surface area is 119 Å². The van der Waals surface area contributed by atoms with Crippen LogP contribution in [0, 0.1) is 0 Å². The number of hydrogen-bond acceptors (Lipinski definition) is 2. The molecule has 1 amide bonds. The summed E-state index contributed by atoms with van der Waals surface area (Å²) >= 11 is 0. The van der Waals surface area contributed by atoms with E-state index in [1.807, 2.05) is 0 Å². The summed E-state index contributed by atoms with van der Waals surface area (Å²) in [6, 6.07) is 11.7. The first-order valence-electron chi connectivity index (χ1n) is 6.18. The topological polar surface area (TPSA) is 55.1 Å². The molecule has 0 aliphatic rings. The lowest BCUT2D eigenvalue weighted by atomic mass is 10.1. The minimum absolute atomic E-state index is 0.00398. The molecule has 0 radical (unpaired) electrons. The number of anilines is 1. The second-order valence-electron chi connectivity index (χ2n) is 4.40. The van der Waals surface area contributed by atoms with Gasteiger partial charge in [0.25, 0.3) is 5.91 Å². The fraction of sp³-hybridized carbons (Fsp3) is 0.133. The molecular weight excluding hydrogens is 281 g/mol. The number of nitrogens with one attached hydrogen (secondary N) is 1. The van der Waals surface area contributed by atoms with Gasteiger partial charge in [0.2, 0.25) is 0 Å². The van der Waals surface area contributed by atoms with Crippen molar-refractivity contribution in [3.63, 3.8) is 0 Å². The summed E-state index contributed by atoms with van der Waals surface area (Å²) in [7, 11) is 0. The van der Waals surface area contributed by atoms with Crippen molar-refractivity contribution >= 4 is 11.6 Å². The fourth-order valence-electron chi connectivity index (χ4n) is 1.85. The first-order valence-corrected chi connectivity index (χ1v) is 6.18. The molecule has 0 unspecified atom stereocenters. The highest BCUT2D eigenvalue weighted by molar-refractivity contribution is 6.04. The maximum absolute atomic E-state index is 13.0. The van der Waals surface area contributed by atoms with Crippen molar-refractivity contribution in [2.75, 3.05) is 5.32 Å². The molecule has 0 saturated carbocycles.